The number of halogens is 1. The third kappa shape index (κ3) is 4.39. The Morgan fingerprint density at radius 1 is 1.32 bits per heavy atom. The van der Waals surface area contributed by atoms with Gasteiger partial charge in [-0.15, -0.1) is 0 Å². The summed E-state index contributed by atoms with van der Waals surface area (Å²) in [7, 11) is 0. The minimum absolute atomic E-state index is 0.000335. The van der Waals surface area contributed by atoms with Crippen LogP contribution >= 0.6 is 0 Å². The first-order valence-electron chi connectivity index (χ1n) is 9.28. The number of nitrogens with one attached hydrogen (secondary N) is 1. The van der Waals surface area contributed by atoms with Crippen molar-refractivity contribution >= 4 is 11.9 Å². The maximum absolute atomic E-state index is 14.6. The summed E-state index contributed by atoms with van der Waals surface area (Å²) in [5, 5.41) is 16.4. The number of carbonyl (C=O) groups is 2. The molecule has 1 amide bonds. The van der Waals surface area contributed by atoms with Gasteiger partial charge in [0, 0.05) is 31.0 Å². The van der Waals surface area contributed by atoms with Crippen LogP contribution < -0.4 is 5.32 Å². The van der Waals surface area contributed by atoms with Gasteiger partial charge in [0.05, 0.1) is 11.6 Å². The van der Waals surface area contributed by atoms with Crippen molar-refractivity contribution in [1.82, 2.24) is 15.1 Å². The Labute approximate surface area is 162 Å². The molecule has 1 aromatic heterocycles. The molecule has 28 heavy (non-hydrogen) atoms. The minimum atomic E-state index is -0.946. The van der Waals surface area contributed by atoms with Crippen LogP contribution in [0.5, 0.6) is 0 Å². The number of benzene rings is 1. The molecule has 1 saturated heterocycles. The number of nitrogens with zero attached hydrogens (tertiary/aromatic N) is 2. The van der Waals surface area contributed by atoms with Gasteiger partial charge in [-0.25, -0.2) is 9.07 Å². The second-order valence-corrected chi connectivity index (χ2v) is 7.11. The Morgan fingerprint density at radius 2 is 2.04 bits per heavy atom. The van der Waals surface area contributed by atoms with E-state index >= 15 is 0 Å². The van der Waals surface area contributed by atoms with Gasteiger partial charge in [-0.3, -0.25) is 9.59 Å². The van der Waals surface area contributed by atoms with Gasteiger partial charge in [-0.2, -0.15) is 5.10 Å². The van der Waals surface area contributed by atoms with Crippen LogP contribution in [0.15, 0.2) is 24.3 Å². The minimum Gasteiger partial charge on any atom is -0.481 e. The molecule has 1 aromatic carbocycles. The average Bonchev–Trinajstić information content (AvgIpc) is 3.00. The van der Waals surface area contributed by atoms with Crippen LogP contribution in [0.1, 0.15) is 34.6 Å². The summed E-state index contributed by atoms with van der Waals surface area (Å²) in [6, 6.07) is 5.99. The third-order valence-electron chi connectivity index (χ3n) is 5.08. The molecule has 150 valence electrons. The number of carboxylic acid groups (broad SMARTS) is 1. The smallest absolute Gasteiger partial charge is 0.308 e. The van der Waals surface area contributed by atoms with Gasteiger partial charge in [0.25, 0.3) is 5.91 Å². The molecular weight excluding hydrogens is 365 g/mol. The van der Waals surface area contributed by atoms with Crippen LogP contribution in [-0.4, -0.2) is 46.5 Å². The summed E-state index contributed by atoms with van der Waals surface area (Å²) in [4.78, 5) is 24.0. The van der Waals surface area contributed by atoms with Crippen molar-refractivity contribution in [2.24, 2.45) is 11.8 Å². The van der Waals surface area contributed by atoms with Gasteiger partial charge >= 0.3 is 5.97 Å². The number of aryl methyl sites for hydroxylation is 2. The summed E-state index contributed by atoms with van der Waals surface area (Å²) < 4.78 is 21.3. The quantitative estimate of drug-likeness (QED) is 0.792. The van der Waals surface area contributed by atoms with E-state index in [4.69, 9.17) is 4.74 Å². The number of aromatic nitrogens is 2. The second-order valence-electron chi connectivity index (χ2n) is 7.11. The van der Waals surface area contributed by atoms with Crippen molar-refractivity contribution in [3.8, 4) is 5.69 Å². The first-order valence-corrected chi connectivity index (χ1v) is 9.28. The topological polar surface area (TPSA) is 93.5 Å². The predicted octanol–water partition coefficient (Wildman–Crippen LogP) is 2.49. The Kier molecular flexibility index (Phi) is 6.08. The van der Waals surface area contributed by atoms with E-state index in [2.05, 4.69) is 10.4 Å². The molecule has 2 aromatic rings. The lowest BCUT2D eigenvalue weighted by Gasteiger charge is -2.27. The number of rotatable bonds is 6. The molecule has 2 N–H and O–H groups in total. The van der Waals surface area contributed by atoms with E-state index < -0.39 is 23.6 Å². The fraction of sp³-hybridized carbons (Fsp3) is 0.450. The predicted molar refractivity (Wildman–Crippen MR) is 100.0 cm³/mol. The van der Waals surface area contributed by atoms with Crippen molar-refractivity contribution in [1.29, 1.82) is 0 Å². The zero-order chi connectivity index (χ0) is 20.3. The molecule has 1 aliphatic rings. The van der Waals surface area contributed by atoms with Gasteiger partial charge in [0.2, 0.25) is 0 Å². The summed E-state index contributed by atoms with van der Waals surface area (Å²) in [6.07, 6.45) is 1.30. The van der Waals surface area contributed by atoms with Gasteiger partial charge in [-0.05, 0) is 56.9 Å². The fourth-order valence-corrected chi connectivity index (χ4v) is 3.57. The van der Waals surface area contributed by atoms with Crippen molar-refractivity contribution < 1.29 is 23.8 Å². The van der Waals surface area contributed by atoms with E-state index in [-0.39, 0.29) is 23.7 Å². The highest BCUT2D eigenvalue weighted by Gasteiger charge is 2.30. The Bertz CT molecular complexity index is 874. The fourth-order valence-electron chi connectivity index (χ4n) is 3.57. The molecule has 0 radical (unpaired) electrons. The summed E-state index contributed by atoms with van der Waals surface area (Å²) in [5.74, 6) is -2.75. The normalized spacial score (nSPS) is 16.0. The van der Waals surface area contributed by atoms with E-state index in [9.17, 15) is 19.1 Å². The van der Waals surface area contributed by atoms with Crippen LogP contribution in [0, 0.1) is 31.5 Å². The summed E-state index contributed by atoms with van der Waals surface area (Å²) >= 11 is 0. The van der Waals surface area contributed by atoms with E-state index in [0.717, 1.165) is 17.5 Å². The number of amides is 1. The van der Waals surface area contributed by atoms with Gasteiger partial charge in [0.1, 0.15) is 11.5 Å². The zero-order valence-corrected chi connectivity index (χ0v) is 15.9. The number of carboxylic acids is 1. The Hall–Kier alpha value is -2.74. The third-order valence-corrected chi connectivity index (χ3v) is 5.08. The van der Waals surface area contributed by atoms with Crippen molar-refractivity contribution in [3.63, 3.8) is 0 Å². The molecule has 0 saturated carbocycles. The zero-order valence-electron chi connectivity index (χ0n) is 15.9. The lowest BCUT2D eigenvalue weighted by molar-refractivity contribution is -0.144. The molecule has 0 spiro atoms. The van der Waals surface area contributed by atoms with E-state index in [0.29, 0.717) is 26.1 Å². The van der Waals surface area contributed by atoms with Crippen molar-refractivity contribution in [2.45, 2.75) is 26.7 Å². The molecule has 7 nitrogen and oxygen atoms in total. The number of ether oxygens (including phenoxy) is 1. The first-order chi connectivity index (χ1) is 13.4. The number of hydrogen-bond acceptors (Lipinski definition) is 4. The Balaban J connectivity index is 1.69. The number of hydrogen-bond donors (Lipinski definition) is 2. The van der Waals surface area contributed by atoms with Crippen LogP contribution in [0.25, 0.3) is 5.69 Å². The van der Waals surface area contributed by atoms with Gasteiger partial charge in [0.15, 0.2) is 0 Å². The Morgan fingerprint density at radius 3 is 2.61 bits per heavy atom. The van der Waals surface area contributed by atoms with Crippen LogP contribution in [0.3, 0.4) is 0 Å². The van der Waals surface area contributed by atoms with Crippen LogP contribution in [-0.2, 0) is 9.53 Å². The molecule has 1 fully saturated rings. The monoisotopic (exact) mass is 389 g/mol. The summed E-state index contributed by atoms with van der Waals surface area (Å²) in [6.45, 7) is 4.70. The molecule has 0 bridgehead atoms. The number of carbonyl (C=O) groups excluding carboxylic acids is 1. The largest absolute Gasteiger partial charge is 0.481 e. The second kappa shape index (κ2) is 8.52. The molecular formula is C20H24FN3O4. The molecule has 1 aliphatic heterocycles. The maximum atomic E-state index is 14.6. The number of aliphatic carboxylic acids is 1. The lowest BCUT2D eigenvalue weighted by Crippen LogP contribution is -2.39. The van der Waals surface area contributed by atoms with Crippen LogP contribution in [0.4, 0.5) is 4.39 Å². The van der Waals surface area contributed by atoms with Crippen molar-refractivity contribution in [2.75, 3.05) is 19.8 Å². The molecule has 3 rings (SSSR count). The summed E-state index contributed by atoms with van der Waals surface area (Å²) in [5.41, 5.74) is 1.95. The van der Waals surface area contributed by atoms with E-state index in [1.165, 1.54) is 16.8 Å². The molecule has 8 heteroatoms. The lowest BCUT2D eigenvalue weighted by atomic mass is 9.86. The highest BCUT2D eigenvalue weighted by Crippen LogP contribution is 2.24. The highest BCUT2D eigenvalue weighted by molar-refractivity contribution is 5.94. The molecule has 1 atom stereocenters. The molecule has 2 heterocycles. The first kappa shape index (κ1) is 20.0. The van der Waals surface area contributed by atoms with E-state index in [1.54, 1.807) is 0 Å². The maximum Gasteiger partial charge on any atom is 0.308 e. The van der Waals surface area contributed by atoms with Gasteiger partial charge in [-0.1, -0.05) is 0 Å². The SMILES string of the molecule is Cc1cc(C)n(-c2ccc(C(=O)NCC(C(=O)O)C3CCOCC3)cc2F)n1. The molecule has 0 aliphatic carbocycles. The van der Waals surface area contributed by atoms with Crippen LogP contribution in [0.2, 0.25) is 0 Å². The van der Waals surface area contributed by atoms with Crippen molar-refractivity contribution in [3.05, 3.63) is 47.0 Å². The molecule has 1 unspecified atom stereocenters. The highest BCUT2D eigenvalue weighted by atomic mass is 19.1. The average molecular weight is 389 g/mol. The standard InChI is InChI=1S/C20H24FN3O4/c1-12-9-13(2)24(23-12)18-4-3-15(10-17(18)21)19(25)22-11-16(20(26)27)14-5-7-28-8-6-14/h3-4,9-10,14,16H,5-8,11H2,1-2H3,(H,22,25)(H,26,27). The van der Waals surface area contributed by atoms with E-state index in [1.807, 2.05) is 19.9 Å². The van der Waals surface area contributed by atoms with Gasteiger partial charge < -0.3 is 15.2 Å².